The summed E-state index contributed by atoms with van der Waals surface area (Å²) in [6.45, 7) is 4.47. The number of anilines is 6. The van der Waals surface area contributed by atoms with E-state index < -0.39 is 0 Å². The Balaban J connectivity index is 0.893. The van der Waals surface area contributed by atoms with E-state index in [0.29, 0.717) is 0 Å². The lowest BCUT2D eigenvalue weighted by atomic mass is 9.96. The largest absolute Gasteiger partial charge is 0.455 e. The fraction of sp³-hybridized carbons (Fsp3) is 0.0286. The molecule has 4 nitrogen and oxygen atoms in total. The number of rotatable bonds is 9. The molecule has 0 aliphatic rings. The van der Waals surface area contributed by atoms with Gasteiger partial charge < -0.3 is 18.6 Å². The highest BCUT2D eigenvalue weighted by Crippen LogP contribution is 2.48. The molecule has 0 saturated heterocycles. The lowest BCUT2D eigenvalue weighted by Gasteiger charge is -2.30. The molecule has 2 heterocycles. The van der Waals surface area contributed by atoms with Gasteiger partial charge in [0.25, 0.3) is 0 Å². The minimum absolute atomic E-state index is 0.886. The molecular weight excluding hydrogens is 901 g/mol. The van der Waals surface area contributed by atoms with Gasteiger partial charge in [-0.3, -0.25) is 0 Å². The first-order valence-corrected chi connectivity index (χ1v) is 25.3. The predicted octanol–water partition coefficient (Wildman–Crippen LogP) is 20.3. The smallest absolute Gasteiger partial charge is 0.143 e. The van der Waals surface area contributed by atoms with Crippen LogP contribution >= 0.6 is 0 Å². The van der Waals surface area contributed by atoms with E-state index in [2.05, 4.69) is 266 Å². The molecule has 12 aromatic carbocycles. The average Bonchev–Trinajstić information content (AvgIpc) is 4.05. The number of hydrogen-bond acceptors (Lipinski definition) is 4. The van der Waals surface area contributed by atoms with Crippen molar-refractivity contribution in [1.29, 1.82) is 0 Å². The van der Waals surface area contributed by atoms with Gasteiger partial charge in [-0.2, -0.15) is 0 Å². The number of nitrogens with zero attached hydrogens (tertiary/aromatic N) is 2. The van der Waals surface area contributed by atoms with Crippen molar-refractivity contribution < 1.29 is 8.83 Å². The molecule has 0 saturated carbocycles. The van der Waals surface area contributed by atoms with Crippen LogP contribution < -0.4 is 9.80 Å². The Morgan fingerprint density at radius 2 is 0.649 bits per heavy atom. The Morgan fingerprint density at radius 1 is 0.270 bits per heavy atom. The Labute approximate surface area is 429 Å². The average molecular weight is 949 g/mol. The van der Waals surface area contributed by atoms with Crippen LogP contribution in [0.15, 0.2) is 264 Å². The van der Waals surface area contributed by atoms with Crippen LogP contribution in [0.25, 0.3) is 98.8 Å². The molecule has 0 spiro atoms. The van der Waals surface area contributed by atoms with Gasteiger partial charge in [-0.15, -0.1) is 0 Å². The molecule has 0 atom stereocenters. The van der Waals surface area contributed by atoms with Crippen LogP contribution in [-0.4, -0.2) is 0 Å². The molecule has 0 unspecified atom stereocenters. The van der Waals surface area contributed by atoms with Crippen molar-refractivity contribution in [1.82, 2.24) is 0 Å². The highest BCUT2D eigenvalue weighted by molar-refractivity contribution is 6.12. The van der Waals surface area contributed by atoms with Crippen molar-refractivity contribution in [2.45, 2.75) is 13.8 Å². The molecule has 14 rings (SSSR count). The van der Waals surface area contributed by atoms with E-state index in [1.165, 1.54) is 21.5 Å². The normalized spacial score (nSPS) is 11.6. The van der Waals surface area contributed by atoms with Gasteiger partial charge >= 0.3 is 0 Å². The Kier molecular flexibility index (Phi) is 10.3. The monoisotopic (exact) mass is 948 g/mol. The molecule has 0 N–H and O–H groups in total. The number of furan rings is 2. The summed E-state index contributed by atoms with van der Waals surface area (Å²) in [5, 5.41) is 9.22. The third-order valence-electron chi connectivity index (χ3n) is 14.9. The number of aryl methyl sites for hydroxylation is 2. The van der Waals surface area contributed by atoms with E-state index in [-0.39, 0.29) is 0 Å². The van der Waals surface area contributed by atoms with Crippen LogP contribution in [0.2, 0.25) is 0 Å². The summed E-state index contributed by atoms with van der Waals surface area (Å²) in [6.07, 6.45) is 0. The molecule has 0 fully saturated rings. The van der Waals surface area contributed by atoms with E-state index in [0.717, 1.165) is 123 Å². The molecule has 0 bridgehead atoms. The van der Waals surface area contributed by atoms with Gasteiger partial charge in [0.2, 0.25) is 0 Å². The molecule has 14 aromatic rings. The zero-order valence-corrected chi connectivity index (χ0v) is 41.0. The molecule has 0 amide bonds. The topological polar surface area (TPSA) is 32.8 Å². The van der Waals surface area contributed by atoms with Gasteiger partial charge in [-0.25, -0.2) is 0 Å². The first-order chi connectivity index (χ1) is 36.5. The predicted molar refractivity (Wildman–Crippen MR) is 311 cm³/mol. The fourth-order valence-corrected chi connectivity index (χ4v) is 11.3. The van der Waals surface area contributed by atoms with Crippen molar-refractivity contribution in [3.63, 3.8) is 0 Å². The Bertz CT molecular complexity index is 4210. The van der Waals surface area contributed by atoms with E-state index in [1.54, 1.807) is 0 Å². The summed E-state index contributed by atoms with van der Waals surface area (Å²) in [6, 6.07) is 91.6. The molecule has 350 valence electrons. The quantitative estimate of drug-likeness (QED) is 0.144. The molecule has 74 heavy (non-hydrogen) atoms. The number of fused-ring (bicyclic) bond motifs is 8. The van der Waals surface area contributed by atoms with E-state index in [4.69, 9.17) is 8.83 Å². The van der Waals surface area contributed by atoms with E-state index in [1.807, 2.05) is 12.1 Å². The molecule has 0 radical (unpaired) electrons. The van der Waals surface area contributed by atoms with Crippen LogP contribution in [0.1, 0.15) is 11.1 Å². The lowest BCUT2D eigenvalue weighted by molar-refractivity contribution is 0.669. The first-order valence-electron chi connectivity index (χ1n) is 25.3. The molecule has 0 aliphatic heterocycles. The van der Waals surface area contributed by atoms with Gasteiger partial charge in [0.05, 0.1) is 11.4 Å². The molecule has 0 aliphatic carbocycles. The van der Waals surface area contributed by atoms with Crippen molar-refractivity contribution in [3.8, 4) is 33.4 Å². The van der Waals surface area contributed by atoms with Gasteiger partial charge in [0, 0.05) is 66.5 Å². The number of benzene rings is 12. The maximum Gasteiger partial charge on any atom is 0.143 e. The molecule has 2 aromatic heterocycles. The second-order valence-electron chi connectivity index (χ2n) is 19.3. The maximum absolute atomic E-state index is 6.66. The zero-order chi connectivity index (χ0) is 49.3. The van der Waals surface area contributed by atoms with Gasteiger partial charge in [0.15, 0.2) is 0 Å². The Hall–Kier alpha value is -9.64. The van der Waals surface area contributed by atoms with Crippen molar-refractivity contribution in [3.05, 3.63) is 266 Å². The number of hydrogen-bond donors (Lipinski definition) is 0. The van der Waals surface area contributed by atoms with Crippen LogP contribution in [0, 0.1) is 13.8 Å². The second kappa shape index (κ2) is 17.6. The molecule has 4 heteroatoms. The zero-order valence-electron chi connectivity index (χ0n) is 41.0. The lowest BCUT2D eigenvalue weighted by Crippen LogP contribution is -2.13. The highest BCUT2D eigenvalue weighted by atomic mass is 16.3. The fourth-order valence-electron chi connectivity index (χ4n) is 11.3. The van der Waals surface area contributed by atoms with Gasteiger partial charge in [-0.05, 0) is 130 Å². The van der Waals surface area contributed by atoms with E-state index in [9.17, 15) is 0 Å². The second-order valence-corrected chi connectivity index (χ2v) is 19.3. The third kappa shape index (κ3) is 7.22. The van der Waals surface area contributed by atoms with Gasteiger partial charge in [0.1, 0.15) is 22.3 Å². The minimum atomic E-state index is 0.886. The van der Waals surface area contributed by atoms with Crippen molar-refractivity contribution >= 4 is 99.5 Å². The summed E-state index contributed by atoms with van der Waals surface area (Å²) < 4.78 is 13.3. The van der Waals surface area contributed by atoms with Gasteiger partial charge in [-0.1, -0.05) is 182 Å². The summed E-state index contributed by atoms with van der Waals surface area (Å²) in [5.74, 6) is 0. The Morgan fingerprint density at radius 3 is 1.11 bits per heavy atom. The summed E-state index contributed by atoms with van der Waals surface area (Å²) >= 11 is 0. The number of para-hydroxylation sites is 6. The first kappa shape index (κ1) is 43.2. The standard InChI is InChI=1S/C70H48N2O2/c1-45-41-51(35-39-63(45)71(53-37-33-47-17-3-5-19-49(47)43-53)65-29-11-7-21-55(65)59-25-15-27-61-57-23-9-13-31-67(57)73-69(59)61)52-36-40-64(46(2)42-52)72(54-38-34-48-18-4-6-20-50(48)44-54)66-30-12-8-22-56(66)60-26-16-28-62-58-24-10-14-32-68(58)74-70(60)62/h3-44H,1-2H3. The van der Waals surface area contributed by atoms with Crippen LogP contribution in [-0.2, 0) is 0 Å². The van der Waals surface area contributed by atoms with Crippen LogP contribution in [0.4, 0.5) is 34.1 Å². The SMILES string of the molecule is Cc1cc(-c2ccc(N(c3ccc4ccccc4c3)c3ccccc3-c3cccc4c3oc3ccccc34)c(C)c2)ccc1N(c1ccc2ccccc2c1)c1ccccc1-c1cccc2c1oc1ccccc12. The molecular formula is C70H48N2O2. The third-order valence-corrected chi connectivity index (χ3v) is 14.9. The van der Waals surface area contributed by atoms with E-state index >= 15 is 0 Å². The summed E-state index contributed by atoms with van der Waals surface area (Å²) in [5.41, 5.74) is 18.9. The highest BCUT2D eigenvalue weighted by Gasteiger charge is 2.24. The van der Waals surface area contributed by atoms with Crippen molar-refractivity contribution in [2.75, 3.05) is 9.80 Å². The van der Waals surface area contributed by atoms with Crippen LogP contribution in [0.5, 0.6) is 0 Å². The van der Waals surface area contributed by atoms with Crippen LogP contribution in [0.3, 0.4) is 0 Å². The summed E-state index contributed by atoms with van der Waals surface area (Å²) in [4.78, 5) is 4.84. The van der Waals surface area contributed by atoms with Crippen molar-refractivity contribution in [2.24, 2.45) is 0 Å². The maximum atomic E-state index is 6.66. The summed E-state index contributed by atoms with van der Waals surface area (Å²) in [7, 11) is 0. The minimum Gasteiger partial charge on any atom is -0.455 e.